The molecule has 2 aromatic rings. The predicted octanol–water partition coefficient (Wildman–Crippen LogP) is 1.52. The molecule has 0 aromatic carbocycles. The van der Waals surface area contributed by atoms with Crippen LogP contribution in [0.3, 0.4) is 0 Å². The van der Waals surface area contributed by atoms with Gasteiger partial charge < -0.3 is 19.3 Å². The van der Waals surface area contributed by atoms with Crippen LogP contribution in [-0.4, -0.2) is 65.8 Å². The van der Waals surface area contributed by atoms with Crippen LogP contribution in [0.2, 0.25) is 0 Å². The van der Waals surface area contributed by atoms with Gasteiger partial charge in [0.05, 0.1) is 11.4 Å². The fraction of sp³-hybridized carbons (Fsp3) is 0.611. The van der Waals surface area contributed by atoms with Crippen LogP contribution in [-0.2, 0) is 13.0 Å². The van der Waals surface area contributed by atoms with Gasteiger partial charge in [0.1, 0.15) is 11.5 Å². The van der Waals surface area contributed by atoms with Crippen LogP contribution in [0.15, 0.2) is 20.1 Å². The van der Waals surface area contributed by atoms with Crippen LogP contribution >= 0.6 is 0 Å². The van der Waals surface area contributed by atoms with Crippen LogP contribution in [0.5, 0.6) is 0 Å². The molecule has 8 nitrogen and oxygen atoms in total. The van der Waals surface area contributed by atoms with Gasteiger partial charge >= 0.3 is 0 Å². The van der Waals surface area contributed by atoms with E-state index in [-0.39, 0.29) is 0 Å². The van der Waals surface area contributed by atoms with E-state index in [1.165, 1.54) is 5.56 Å². The zero-order valence-electron chi connectivity index (χ0n) is 16.1. The van der Waals surface area contributed by atoms with Crippen molar-refractivity contribution in [2.24, 2.45) is 4.99 Å². The predicted molar refractivity (Wildman–Crippen MR) is 99.1 cm³/mol. The van der Waals surface area contributed by atoms with Crippen LogP contribution < -0.4 is 5.32 Å². The first-order valence-corrected chi connectivity index (χ1v) is 9.08. The summed E-state index contributed by atoms with van der Waals surface area (Å²) in [6.45, 7) is 11.4. The molecule has 0 radical (unpaired) electrons. The van der Waals surface area contributed by atoms with Gasteiger partial charge in [-0.1, -0.05) is 10.3 Å². The van der Waals surface area contributed by atoms with Gasteiger partial charge in [-0.3, -0.25) is 9.89 Å². The molecule has 3 rings (SSSR count). The minimum Gasteiger partial charge on any atom is -0.361 e. The van der Waals surface area contributed by atoms with Gasteiger partial charge in [0.15, 0.2) is 5.96 Å². The number of piperazine rings is 1. The Hall–Kier alpha value is -2.35. The van der Waals surface area contributed by atoms with E-state index in [9.17, 15) is 0 Å². The first kappa shape index (κ1) is 18.4. The Morgan fingerprint density at radius 2 is 1.92 bits per heavy atom. The van der Waals surface area contributed by atoms with Crippen molar-refractivity contribution in [2.45, 2.75) is 33.7 Å². The molecule has 1 aliphatic heterocycles. The van der Waals surface area contributed by atoms with Crippen LogP contribution in [0.4, 0.5) is 0 Å². The Balaban J connectivity index is 1.44. The number of aryl methyl sites for hydroxylation is 3. The summed E-state index contributed by atoms with van der Waals surface area (Å²) >= 11 is 0. The molecule has 0 bridgehead atoms. The second-order valence-corrected chi connectivity index (χ2v) is 6.72. The summed E-state index contributed by atoms with van der Waals surface area (Å²) in [6, 6.07) is 2.00. The third-order valence-corrected chi connectivity index (χ3v) is 4.79. The summed E-state index contributed by atoms with van der Waals surface area (Å²) in [5, 5.41) is 11.5. The zero-order chi connectivity index (χ0) is 18.5. The minimum atomic E-state index is 0.813. The Bertz CT molecular complexity index is 723. The molecule has 1 N–H and O–H groups in total. The van der Waals surface area contributed by atoms with E-state index < -0.39 is 0 Å². The largest absolute Gasteiger partial charge is 0.361 e. The number of nitrogens with zero attached hydrogens (tertiary/aromatic N) is 5. The third-order valence-electron chi connectivity index (χ3n) is 4.79. The first-order chi connectivity index (χ1) is 12.6. The molecule has 1 saturated heterocycles. The lowest BCUT2D eigenvalue weighted by Gasteiger charge is -2.36. The quantitative estimate of drug-likeness (QED) is 0.639. The molecule has 0 saturated carbocycles. The minimum absolute atomic E-state index is 0.813. The average Bonchev–Trinajstić information content (AvgIpc) is 3.19. The number of rotatable bonds is 5. The fourth-order valence-corrected chi connectivity index (χ4v) is 3.33. The number of hydrogen-bond acceptors (Lipinski definition) is 6. The lowest BCUT2D eigenvalue weighted by atomic mass is 10.1. The normalized spacial score (nSPS) is 16.3. The van der Waals surface area contributed by atoms with Crippen molar-refractivity contribution < 1.29 is 9.05 Å². The lowest BCUT2D eigenvalue weighted by molar-refractivity contribution is 0.169. The van der Waals surface area contributed by atoms with Crippen molar-refractivity contribution in [3.05, 3.63) is 34.5 Å². The highest BCUT2D eigenvalue weighted by molar-refractivity contribution is 5.80. The summed E-state index contributed by atoms with van der Waals surface area (Å²) in [5.41, 5.74) is 3.15. The van der Waals surface area contributed by atoms with Gasteiger partial charge in [-0.25, -0.2) is 0 Å². The molecule has 8 heteroatoms. The monoisotopic (exact) mass is 360 g/mol. The number of aromatic nitrogens is 2. The lowest BCUT2D eigenvalue weighted by Crippen LogP contribution is -2.52. The highest BCUT2D eigenvalue weighted by Gasteiger charge is 2.20. The molecule has 2 aromatic heterocycles. The molecule has 0 spiro atoms. The Morgan fingerprint density at radius 1 is 1.15 bits per heavy atom. The molecule has 1 aliphatic rings. The maximum atomic E-state index is 5.22. The van der Waals surface area contributed by atoms with Gasteiger partial charge in [0.2, 0.25) is 0 Å². The Labute approximate surface area is 154 Å². The van der Waals surface area contributed by atoms with E-state index in [1.807, 2.05) is 33.9 Å². The highest BCUT2D eigenvalue weighted by atomic mass is 16.5. The van der Waals surface area contributed by atoms with Crippen molar-refractivity contribution in [1.82, 2.24) is 25.4 Å². The van der Waals surface area contributed by atoms with Gasteiger partial charge in [-0.2, -0.15) is 0 Å². The molecule has 1 fully saturated rings. The molecule has 142 valence electrons. The van der Waals surface area contributed by atoms with Crippen LogP contribution in [0, 0.1) is 20.8 Å². The van der Waals surface area contributed by atoms with Crippen molar-refractivity contribution in [3.63, 3.8) is 0 Å². The van der Waals surface area contributed by atoms with E-state index in [0.717, 1.165) is 74.6 Å². The summed E-state index contributed by atoms with van der Waals surface area (Å²) in [7, 11) is 1.84. The maximum absolute atomic E-state index is 5.22. The molecular weight excluding hydrogens is 332 g/mol. The highest BCUT2D eigenvalue weighted by Crippen LogP contribution is 2.12. The molecule has 26 heavy (non-hydrogen) atoms. The van der Waals surface area contributed by atoms with Crippen molar-refractivity contribution in [1.29, 1.82) is 0 Å². The zero-order valence-corrected chi connectivity index (χ0v) is 16.1. The topological polar surface area (TPSA) is 82.9 Å². The second kappa shape index (κ2) is 8.35. The SMILES string of the molecule is CN=C(NCCc1c(C)noc1C)N1CCN(Cc2cc(C)on2)CC1. The van der Waals surface area contributed by atoms with Gasteiger partial charge in [-0.05, 0) is 27.2 Å². The van der Waals surface area contributed by atoms with Crippen LogP contribution in [0.25, 0.3) is 0 Å². The molecule has 0 amide bonds. The summed E-state index contributed by atoms with van der Waals surface area (Å²) < 4.78 is 10.4. The van der Waals surface area contributed by atoms with E-state index in [4.69, 9.17) is 9.05 Å². The van der Waals surface area contributed by atoms with Gasteiger partial charge in [-0.15, -0.1) is 0 Å². The third kappa shape index (κ3) is 4.43. The Kier molecular flexibility index (Phi) is 5.92. The molecule has 3 heterocycles. The maximum Gasteiger partial charge on any atom is 0.193 e. The molecular formula is C18H28N6O2. The van der Waals surface area contributed by atoms with E-state index in [1.54, 1.807) is 0 Å². The van der Waals surface area contributed by atoms with Gasteiger partial charge in [0, 0.05) is 57.9 Å². The van der Waals surface area contributed by atoms with Crippen LogP contribution in [0.1, 0.15) is 28.5 Å². The van der Waals surface area contributed by atoms with E-state index in [0.29, 0.717) is 0 Å². The average molecular weight is 360 g/mol. The standard InChI is InChI=1S/C18H28N6O2/c1-13-11-16(22-25-13)12-23-7-9-24(10-8-23)18(19-4)20-6-5-17-14(2)21-26-15(17)3/h11H,5-10,12H2,1-4H3,(H,19,20). The number of hydrogen-bond donors (Lipinski definition) is 1. The molecule has 0 aliphatic carbocycles. The Morgan fingerprint density at radius 3 is 2.50 bits per heavy atom. The van der Waals surface area contributed by atoms with Crippen molar-refractivity contribution in [2.75, 3.05) is 39.8 Å². The van der Waals surface area contributed by atoms with Crippen molar-refractivity contribution >= 4 is 5.96 Å². The summed E-state index contributed by atoms with van der Waals surface area (Å²) in [6.07, 6.45) is 0.881. The van der Waals surface area contributed by atoms with E-state index >= 15 is 0 Å². The smallest absolute Gasteiger partial charge is 0.193 e. The molecule has 0 unspecified atom stereocenters. The van der Waals surface area contributed by atoms with Gasteiger partial charge in [0.25, 0.3) is 0 Å². The molecule has 0 atom stereocenters. The summed E-state index contributed by atoms with van der Waals surface area (Å²) in [4.78, 5) is 9.13. The number of aliphatic imine (C=N–C) groups is 1. The fourth-order valence-electron chi connectivity index (χ4n) is 3.33. The number of nitrogens with one attached hydrogen (secondary N) is 1. The van der Waals surface area contributed by atoms with E-state index in [2.05, 4.69) is 30.4 Å². The van der Waals surface area contributed by atoms with Crippen molar-refractivity contribution in [3.8, 4) is 0 Å². The number of guanidine groups is 1. The first-order valence-electron chi connectivity index (χ1n) is 9.08. The summed E-state index contributed by atoms with van der Waals surface area (Å²) in [5.74, 6) is 2.71. The second-order valence-electron chi connectivity index (χ2n) is 6.72.